The minimum Gasteiger partial charge on any atom is -0.490 e. The normalized spacial score (nSPS) is 11.9. The smallest absolute Gasteiger partial charge is 0.311 e. The third kappa shape index (κ3) is 4.02. The maximum absolute atomic E-state index is 13.4. The second-order valence-electron chi connectivity index (χ2n) is 4.51. The maximum atomic E-state index is 13.4. The zero-order valence-electron chi connectivity index (χ0n) is 11.1. The molecule has 0 amide bonds. The topological polar surface area (TPSA) is 46.5 Å². The first kappa shape index (κ1) is 15.0. The molecule has 1 atom stereocenters. The van der Waals surface area contributed by atoms with Gasteiger partial charge in [-0.25, -0.2) is 8.78 Å². The summed E-state index contributed by atoms with van der Waals surface area (Å²) in [5.74, 6) is -2.69. The molecule has 0 aliphatic rings. The number of hydrogen-bond acceptors (Lipinski definition) is 2. The highest BCUT2D eigenvalue weighted by molar-refractivity contribution is 5.76. The van der Waals surface area contributed by atoms with Crippen molar-refractivity contribution in [3.63, 3.8) is 0 Å². The molecule has 2 aromatic carbocycles. The Hall–Kier alpha value is -2.43. The van der Waals surface area contributed by atoms with Gasteiger partial charge >= 0.3 is 5.97 Å². The van der Waals surface area contributed by atoms with Gasteiger partial charge < -0.3 is 9.84 Å². The summed E-state index contributed by atoms with van der Waals surface area (Å²) in [7, 11) is 0. The Morgan fingerprint density at radius 1 is 1.10 bits per heavy atom. The van der Waals surface area contributed by atoms with Crippen LogP contribution < -0.4 is 4.74 Å². The fourth-order valence-electron chi connectivity index (χ4n) is 1.98. The van der Waals surface area contributed by atoms with E-state index in [0.29, 0.717) is 5.56 Å². The number of para-hydroxylation sites is 1. The minimum absolute atomic E-state index is 0.0509. The largest absolute Gasteiger partial charge is 0.490 e. The lowest BCUT2D eigenvalue weighted by Gasteiger charge is -2.13. The van der Waals surface area contributed by atoms with Crippen molar-refractivity contribution in [3.8, 4) is 5.75 Å². The number of aliphatic carboxylic acids is 1. The maximum Gasteiger partial charge on any atom is 0.311 e. The molecule has 0 aliphatic heterocycles. The van der Waals surface area contributed by atoms with E-state index in [9.17, 15) is 18.7 Å². The molecule has 0 spiro atoms. The van der Waals surface area contributed by atoms with Gasteiger partial charge in [-0.2, -0.15) is 0 Å². The minimum atomic E-state index is -1.03. The molecule has 5 heteroatoms. The third-order valence-corrected chi connectivity index (χ3v) is 3.07. The van der Waals surface area contributed by atoms with Crippen LogP contribution in [0.2, 0.25) is 0 Å². The van der Waals surface area contributed by atoms with Crippen LogP contribution in [0.5, 0.6) is 5.75 Å². The summed E-state index contributed by atoms with van der Waals surface area (Å²) < 4.78 is 31.5. The molecule has 0 saturated carbocycles. The average Bonchev–Trinajstić information content (AvgIpc) is 2.46. The monoisotopic (exact) mass is 292 g/mol. The van der Waals surface area contributed by atoms with Gasteiger partial charge in [-0.05, 0) is 36.2 Å². The van der Waals surface area contributed by atoms with Crippen molar-refractivity contribution >= 4 is 5.97 Å². The molecule has 0 bridgehead atoms. The summed E-state index contributed by atoms with van der Waals surface area (Å²) in [6.07, 6.45) is 0.162. The molecule has 2 rings (SSSR count). The van der Waals surface area contributed by atoms with Crippen molar-refractivity contribution < 1.29 is 23.4 Å². The predicted octanol–water partition coefficient (Wildman–Crippen LogP) is 3.60. The fourth-order valence-corrected chi connectivity index (χ4v) is 1.98. The second-order valence-corrected chi connectivity index (χ2v) is 4.51. The summed E-state index contributed by atoms with van der Waals surface area (Å²) >= 11 is 0. The summed E-state index contributed by atoms with van der Waals surface area (Å²) in [6, 6.07) is 11.2. The number of carboxylic acid groups (broad SMARTS) is 1. The van der Waals surface area contributed by atoms with E-state index in [1.54, 1.807) is 12.1 Å². The van der Waals surface area contributed by atoms with Crippen LogP contribution >= 0.6 is 0 Å². The molecule has 3 nitrogen and oxygen atoms in total. The van der Waals surface area contributed by atoms with E-state index in [1.165, 1.54) is 36.4 Å². The predicted molar refractivity (Wildman–Crippen MR) is 73.3 cm³/mol. The van der Waals surface area contributed by atoms with Gasteiger partial charge in [0.1, 0.15) is 5.82 Å². The molecular weight excluding hydrogens is 278 g/mol. The zero-order chi connectivity index (χ0) is 15.2. The molecule has 0 aliphatic carbocycles. The van der Waals surface area contributed by atoms with Gasteiger partial charge in [-0.1, -0.05) is 24.3 Å². The van der Waals surface area contributed by atoms with Gasteiger partial charge in [0.05, 0.1) is 12.5 Å². The molecule has 0 fully saturated rings. The Morgan fingerprint density at radius 3 is 2.38 bits per heavy atom. The van der Waals surface area contributed by atoms with Crippen molar-refractivity contribution in [2.24, 2.45) is 0 Å². The van der Waals surface area contributed by atoms with E-state index in [2.05, 4.69) is 0 Å². The number of halogens is 2. The van der Waals surface area contributed by atoms with Crippen molar-refractivity contribution in [2.75, 3.05) is 6.61 Å². The van der Waals surface area contributed by atoms with Gasteiger partial charge in [0, 0.05) is 0 Å². The Labute approximate surface area is 120 Å². The van der Waals surface area contributed by atoms with Crippen LogP contribution in [0.3, 0.4) is 0 Å². The standard InChI is InChI=1S/C16H14F2O3/c17-12-7-5-11(6-8-12)13(16(19)20)9-10-21-15-4-2-1-3-14(15)18/h1-8,13H,9-10H2,(H,19,20). The summed E-state index contributed by atoms with van der Waals surface area (Å²) in [5.41, 5.74) is 0.487. The molecule has 0 saturated heterocycles. The third-order valence-electron chi connectivity index (χ3n) is 3.07. The first-order valence-corrected chi connectivity index (χ1v) is 6.43. The van der Waals surface area contributed by atoms with Crippen LogP contribution in [0.25, 0.3) is 0 Å². The molecule has 2 aromatic rings. The van der Waals surface area contributed by atoms with E-state index in [1.807, 2.05) is 0 Å². The average molecular weight is 292 g/mol. The van der Waals surface area contributed by atoms with E-state index in [-0.39, 0.29) is 18.8 Å². The van der Waals surface area contributed by atoms with Crippen LogP contribution in [0, 0.1) is 11.6 Å². The van der Waals surface area contributed by atoms with Gasteiger partial charge in [0.15, 0.2) is 11.6 Å². The molecule has 0 heterocycles. The number of benzene rings is 2. The quantitative estimate of drug-likeness (QED) is 0.884. The van der Waals surface area contributed by atoms with Crippen LogP contribution in [0.4, 0.5) is 8.78 Å². The fraction of sp³-hybridized carbons (Fsp3) is 0.188. The first-order chi connectivity index (χ1) is 10.1. The van der Waals surface area contributed by atoms with Gasteiger partial charge in [0.25, 0.3) is 0 Å². The molecule has 110 valence electrons. The molecule has 0 radical (unpaired) electrons. The Bertz CT molecular complexity index is 611. The van der Waals surface area contributed by atoms with E-state index in [0.717, 1.165) is 0 Å². The van der Waals surface area contributed by atoms with Gasteiger partial charge in [-0.3, -0.25) is 4.79 Å². The summed E-state index contributed by atoms with van der Waals surface area (Å²) in [4.78, 5) is 11.3. The Balaban J connectivity index is 2.00. The van der Waals surface area contributed by atoms with Crippen LogP contribution in [0.1, 0.15) is 17.9 Å². The zero-order valence-corrected chi connectivity index (χ0v) is 11.1. The van der Waals surface area contributed by atoms with Gasteiger partial charge in [0.2, 0.25) is 0 Å². The van der Waals surface area contributed by atoms with Crippen LogP contribution in [0.15, 0.2) is 48.5 Å². The number of hydrogen-bond donors (Lipinski definition) is 1. The van der Waals surface area contributed by atoms with Crippen LogP contribution in [-0.2, 0) is 4.79 Å². The lowest BCUT2D eigenvalue weighted by molar-refractivity contribution is -0.139. The SMILES string of the molecule is O=C(O)C(CCOc1ccccc1F)c1ccc(F)cc1. The molecule has 21 heavy (non-hydrogen) atoms. The number of ether oxygens (including phenoxy) is 1. The van der Waals surface area contributed by atoms with Crippen LogP contribution in [-0.4, -0.2) is 17.7 Å². The van der Waals surface area contributed by atoms with Crippen molar-refractivity contribution in [1.82, 2.24) is 0 Å². The van der Waals surface area contributed by atoms with Gasteiger partial charge in [-0.15, -0.1) is 0 Å². The van der Waals surface area contributed by atoms with E-state index < -0.39 is 23.5 Å². The molecule has 1 N–H and O–H groups in total. The van der Waals surface area contributed by atoms with Crippen molar-refractivity contribution in [3.05, 3.63) is 65.7 Å². The lowest BCUT2D eigenvalue weighted by atomic mass is 9.96. The highest BCUT2D eigenvalue weighted by Gasteiger charge is 2.20. The highest BCUT2D eigenvalue weighted by Crippen LogP contribution is 2.22. The lowest BCUT2D eigenvalue weighted by Crippen LogP contribution is -2.15. The number of carbonyl (C=O) groups is 1. The van der Waals surface area contributed by atoms with Crippen molar-refractivity contribution in [1.29, 1.82) is 0 Å². The number of rotatable bonds is 6. The summed E-state index contributed by atoms with van der Waals surface area (Å²) in [6.45, 7) is 0.0509. The van der Waals surface area contributed by atoms with E-state index >= 15 is 0 Å². The van der Waals surface area contributed by atoms with Crippen molar-refractivity contribution in [2.45, 2.75) is 12.3 Å². The first-order valence-electron chi connectivity index (χ1n) is 6.43. The molecule has 0 aromatic heterocycles. The Kier molecular flexibility index (Phi) is 4.87. The molecule has 1 unspecified atom stereocenters. The highest BCUT2D eigenvalue weighted by atomic mass is 19.1. The van der Waals surface area contributed by atoms with E-state index in [4.69, 9.17) is 4.74 Å². The summed E-state index contributed by atoms with van der Waals surface area (Å²) in [5, 5.41) is 9.22. The Morgan fingerprint density at radius 2 is 1.76 bits per heavy atom. The number of carboxylic acids is 1. The second kappa shape index (κ2) is 6.83. The molecular formula is C16H14F2O3.